The second-order valence-corrected chi connectivity index (χ2v) is 3.27. The zero-order valence-electron chi connectivity index (χ0n) is 8.42. The molecule has 0 aliphatic heterocycles. The zero-order valence-corrected chi connectivity index (χ0v) is 8.42. The molecule has 0 radical (unpaired) electrons. The van der Waals surface area contributed by atoms with Crippen molar-refractivity contribution in [1.82, 2.24) is 5.32 Å². The molecule has 12 heavy (non-hydrogen) atoms. The summed E-state index contributed by atoms with van der Waals surface area (Å²) in [6.07, 6.45) is 4.30. The topological polar surface area (TPSA) is 29.1 Å². The molecule has 0 aromatic rings. The van der Waals surface area contributed by atoms with E-state index in [2.05, 4.69) is 26.1 Å². The SMILES string of the molecule is CC=CC(=O)NC(CC)C(C)C. The maximum Gasteiger partial charge on any atom is 0.243 e. The maximum absolute atomic E-state index is 11.1. The van der Waals surface area contributed by atoms with Gasteiger partial charge in [-0.05, 0) is 25.3 Å². The lowest BCUT2D eigenvalue weighted by Crippen LogP contribution is -2.36. The van der Waals surface area contributed by atoms with Crippen molar-refractivity contribution in [2.24, 2.45) is 5.92 Å². The fraction of sp³-hybridized carbons (Fsp3) is 0.700. The highest BCUT2D eigenvalue weighted by Crippen LogP contribution is 2.04. The standard InChI is InChI=1S/C10H19NO/c1-5-7-10(12)11-9(6-2)8(3)4/h5,7-9H,6H2,1-4H3,(H,11,12). The Morgan fingerprint density at radius 3 is 2.42 bits per heavy atom. The van der Waals surface area contributed by atoms with E-state index < -0.39 is 0 Å². The molecule has 1 atom stereocenters. The molecule has 2 heteroatoms. The number of nitrogens with one attached hydrogen (secondary N) is 1. The Bertz CT molecular complexity index is 161. The van der Waals surface area contributed by atoms with Crippen LogP contribution >= 0.6 is 0 Å². The summed E-state index contributed by atoms with van der Waals surface area (Å²) in [5.41, 5.74) is 0. The number of allylic oxidation sites excluding steroid dienone is 1. The Labute approximate surface area is 75.0 Å². The first-order valence-corrected chi connectivity index (χ1v) is 4.55. The van der Waals surface area contributed by atoms with E-state index in [1.807, 2.05) is 6.92 Å². The lowest BCUT2D eigenvalue weighted by molar-refractivity contribution is -0.117. The van der Waals surface area contributed by atoms with Gasteiger partial charge in [0.05, 0.1) is 0 Å². The van der Waals surface area contributed by atoms with E-state index in [9.17, 15) is 4.79 Å². The average molecular weight is 169 g/mol. The van der Waals surface area contributed by atoms with Crippen LogP contribution in [0.5, 0.6) is 0 Å². The molecule has 1 N–H and O–H groups in total. The van der Waals surface area contributed by atoms with Crippen molar-refractivity contribution < 1.29 is 4.79 Å². The van der Waals surface area contributed by atoms with Crippen molar-refractivity contribution in [3.8, 4) is 0 Å². The van der Waals surface area contributed by atoms with Crippen LogP contribution < -0.4 is 5.32 Å². The summed E-state index contributed by atoms with van der Waals surface area (Å²) in [7, 11) is 0. The van der Waals surface area contributed by atoms with Gasteiger partial charge in [-0.3, -0.25) is 4.79 Å². The third-order valence-electron chi connectivity index (χ3n) is 1.89. The molecular weight excluding hydrogens is 150 g/mol. The van der Waals surface area contributed by atoms with Crippen molar-refractivity contribution in [2.75, 3.05) is 0 Å². The summed E-state index contributed by atoms with van der Waals surface area (Å²) in [5.74, 6) is 0.516. The lowest BCUT2D eigenvalue weighted by atomic mass is 10.0. The highest BCUT2D eigenvalue weighted by atomic mass is 16.1. The van der Waals surface area contributed by atoms with Gasteiger partial charge in [0.25, 0.3) is 0 Å². The van der Waals surface area contributed by atoms with E-state index in [0.717, 1.165) is 6.42 Å². The van der Waals surface area contributed by atoms with Crippen molar-refractivity contribution in [1.29, 1.82) is 0 Å². The largest absolute Gasteiger partial charge is 0.350 e. The molecule has 0 fully saturated rings. The van der Waals surface area contributed by atoms with E-state index in [1.54, 1.807) is 12.2 Å². The predicted molar refractivity (Wildman–Crippen MR) is 51.9 cm³/mol. The van der Waals surface area contributed by atoms with Gasteiger partial charge in [0.1, 0.15) is 0 Å². The Morgan fingerprint density at radius 2 is 2.08 bits per heavy atom. The quantitative estimate of drug-likeness (QED) is 0.642. The van der Waals surface area contributed by atoms with Crippen molar-refractivity contribution in [3.05, 3.63) is 12.2 Å². The monoisotopic (exact) mass is 169 g/mol. The van der Waals surface area contributed by atoms with E-state index in [1.165, 1.54) is 0 Å². The highest BCUT2D eigenvalue weighted by molar-refractivity contribution is 5.87. The first-order valence-electron chi connectivity index (χ1n) is 4.55. The first-order chi connectivity index (χ1) is 5.61. The first kappa shape index (κ1) is 11.2. The van der Waals surface area contributed by atoms with Crippen LogP contribution in [0.2, 0.25) is 0 Å². The van der Waals surface area contributed by atoms with Gasteiger partial charge in [-0.15, -0.1) is 0 Å². The van der Waals surface area contributed by atoms with E-state index in [0.29, 0.717) is 12.0 Å². The smallest absolute Gasteiger partial charge is 0.243 e. The van der Waals surface area contributed by atoms with Crippen LogP contribution in [0.4, 0.5) is 0 Å². The molecule has 0 saturated carbocycles. The van der Waals surface area contributed by atoms with Gasteiger partial charge in [-0.25, -0.2) is 0 Å². The number of carbonyl (C=O) groups excluding carboxylic acids is 1. The molecule has 0 heterocycles. The number of hydrogen-bond donors (Lipinski definition) is 1. The van der Waals surface area contributed by atoms with Gasteiger partial charge in [0, 0.05) is 6.04 Å². The van der Waals surface area contributed by atoms with Crippen LogP contribution in [0.15, 0.2) is 12.2 Å². The van der Waals surface area contributed by atoms with Gasteiger partial charge in [-0.2, -0.15) is 0 Å². The van der Waals surface area contributed by atoms with Crippen LogP contribution in [0.3, 0.4) is 0 Å². The fourth-order valence-corrected chi connectivity index (χ4v) is 1.12. The summed E-state index contributed by atoms with van der Waals surface area (Å²) in [5, 5.41) is 2.94. The molecule has 1 unspecified atom stereocenters. The number of carbonyl (C=O) groups is 1. The molecule has 70 valence electrons. The van der Waals surface area contributed by atoms with E-state index in [-0.39, 0.29) is 5.91 Å². The third kappa shape index (κ3) is 4.16. The second kappa shape index (κ2) is 5.81. The van der Waals surface area contributed by atoms with Crippen LogP contribution in [0.25, 0.3) is 0 Å². The van der Waals surface area contributed by atoms with Crippen molar-refractivity contribution in [3.63, 3.8) is 0 Å². The Balaban J connectivity index is 3.94. The van der Waals surface area contributed by atoms with Gasteiger partial charge in [0.15, 0.2) is 0 Å². The molecule has 0 saturated heterocycles. The minimum atomic E-state index is 0.0121. The molecular formula is C10H19NO. The minimum absolute atomic E-state index is 0.0121. The molecule has 2 nitrogen and oxygen atoms in total. The Kier molecular flexibility index (Phi) is 5.43. The minimum Gasteiger partial charge on any atom is -0.350 e. The molecule has 0 rings (SSSR count). The number of rotatable bonds is 4. The summed E-state index contributed by atoms with van der Waals surface area (Å²) in [4.78, 5) is 11.1. The van der Waals surface area contributed by atoms with Crippen LogP contribution in [0, 0.1) is 5.92 Å². The summed E-state index contributed by atoms with van der Waals surface area (Å²) < 4.78 is 0. The maximum atomic E-state index is 11.1. The van der Waals surface area contributed by atoms with Gasteiger partial charge >= 0.3 is 0 Å². The van der Waals surface area contributed by atoms with Gasteiger partial charge in [0.2, 0.25) is 5.91 Å². The molecule has 1 amide bonds. The zero-order chi connectivity index (χ0) is 9.56. The van der Waals surface area contributed by atoms with Crippen LogP contribution in [-0.2, 0) is 4.79 Å². The summed E-state index contributed by atoms with van der Waals surface area (Å²) in [6, 6.07) is 0.300. The Hall–Kier alpha value is -0.790. The third-order valence-corrected chi connectivity index (χ3v) is 1.89. The van der Waals surface area contributed by atoms with Crippen LogP contribution in [0.1, 0.15) is 34.1 Å². The average Bonchev–Trinajstić information content (AvgIpc) is 2.00. The molecule has 0 aromatic carbocycles. The van der Waals surface area contributed by atoms with Gasteiger partial charge < -0.3 is 5.32 Å². The number of amides is 1. The molecule has 0 spiro atoms. The van der Waals surface area contributed by atoms with E-state index >= 15 is 0 Å². The van der Waals surface area contributed by atoms with E-state index in [4.69, 9.17) is 0 Å². The normalized spacial score (nSPS) is 13.8. The molecule has 0 bridgehead atoms. The molecule has 0 aromatic heterocycles. The van der Waals surface area contributed by atoms with Gasteiger partial charge in [-0.1, -0.05) is 26.8 Å². The predicted octanol–water partition coefficient (Wildman–Crippen LogP) is 2.11. The molecule has 0 aliphatic carbocycles. The summed E-state index contributed by atoms with van der Waals surface area (Å²) in [6.45, 7) is 8.16. The van der Waals surface area contributed by atoms with Crippen molar-refractivity contribution >= 4 is 5.91 Å². The lowest BCUT2D eigenvalue weighted by Gasteiger charge is -2.19. The Morgan fingerprint density at radius 1 is 1.50 bits per heavy atom. The fourth-order valence-electron chi connectivity index (χ4n) is 1.12. The highest BCUT2D eigenvalue weighted by Gasteiger charge is 2.11. The molecule has 0 aliphatic rings. The van der Waals surface area contributed by atoms with Crippen molar-refractivity contribution in [2.45, 2.75) is 40.2 Å². The number of hydrogen-bond acceptors (Lipinski definition) is 1. The van der Waals surface area contributed by atoms with Crippen LogP contribution in [-0.4, -0.2) is 11.9 Å². The summed E-state index contributed by atoms with van der Waals surface area (Å²) >= 11 is 0. The second-order valence-electron chi connectivity index (χ2n) is 3.27.